The molecule has 20 heavy (non-hydrogen) atoms. The van der Waals surface area contributed by atoms with E-state index in [1.54, 1.807) is 0 Å². The summed E-state index contributed by atoms with van der Waals surface area (Å²) in [6.45, 7) is 3.87. The molecule has 1 aliphatic rings. The number of anilines is 1. The van der Waals surface area contributed by atoms with E-state index in [0.29, 0.717) is 5.69 Å². The van der Waals surface area contributed by atoms with E-state index in [4.69, 9.17) is 0 Å². The highest BCUT2D eigenvalue weighted by atomic mass is 79.9. The minimum absolute atomic E-state index is 0.299. The van der Waals surface area contributed by atoms with Gasteiger partial charge in [-0.1, -0.05) is 6.07 Å². The molecule has 1 aliphatic heterocycles. The smallest absolute Gasteiger partial charge is 0.354 e. The second-order valence-corrected chi connectivity index (χ2v) is 6.11. The van der Waals surface area contributed by atoms with Gasteiger partial charge < -0.3 is 15.0 Å². The van der Waals surface area contributed by atoms with E-state index >= 15 is 0 Å². The van der Waals surface area contributed by atoms with Crippen LogP contribution in [0.3, 0.4) is 0 Å². The maximum Gasteiger partial charge on any atom is 0.354 e. The summed E-state index contributed by atoms with van der Waals surface area (Å²) >= 11 is 3.62. The molecule has 0 unspecified atom stereocenters. The van der Waals surface area contributed by atoms with Crippen molar-refractivity contribution in [3.63, 3.8) is 0 Å². The number of aromatic carboxylic acids is 1. The first-order valence-corrected chi connectivity index (χ1v) is 7.68. The molecule has 2 N–H and O–H groups in total. The number of carboxylic acids is 1. The molecule has 4 nitrogen and oxygen atoms in total. The van der Waals surface area contributed by atoms with Gasteiger partial charge in [0, 0.05) is 28.5 Å². The number of fused-ring (bicyclic) bond motifs is 1. The van der Waals surface area contributed by atoms with Gasteiger partial charge in [-0.15, -0.1) is 0 Å². The molecule has 0 saturated carbocycles. The van der Waals surface area contributed by atoms with Crippen LogP contribution in [0.15, 0.2) is 16.6 Å². The largest absolute Gasteiger partial charge is 0.477 e. The number of hydrogen-bond donors (Lipinski definition) is 2. The molecule has 0 bridgehead atoms. The lowest BCUT2D eigenvalue weighted by atomic mass is 10.1. The molecule has 2 heterocycles. The van der Waals surface area contributed by atoms with Crippen LogP contribution in [0.1, 0.15) is 35.3 Å². The van der Waals surface area contributed by atoms with Gasteiger partial charge in [-0.3, -0.25) is 0 Å². The molecule has 3 rings (SSSR count). The predicted octanol–water partition coefficient (Wildman–Crippen LogP) is 3.93. The minimum Gasteiger partial charge on any atom is -0.477 e. The summed E-state index contributed by atoms with van der Waals surface area (Å²) < 4.78 is 0.985. The fourth-order valence-electron chi connectivity index (χ4n) is 2.92. The Bertz CT molecular complexity index is 672. The third-order valence-corrected chi connectivity index (χ3v) is 4.98. The number of halogens is 1. The van der Waals surface area contributed by atoms with Crippen molar-refractivity contribution in [2.24, 2.45) is 0 Å². The molecule has 0 amide bonds. The van der Waals surface area contributed by atoms with Crippen molar-refractivity contribution in [2.75, 3.05) is 18.0 Å². The first kappa shape index (κ1) is 13.5. The number of rotatable bonds is 2. The quantitative estimate of drug-likeness (QED) is 0.873. The molecule has 0 atom stereocenters. The second kappa shape index (κ2) is 5.13. The van der Waals surface area contributed by atoms with Crippen LogP contribution in [0.4, 0.5) is 5.69 Å². The van der Waals surface area contributed by atoms with Gasteiger partial charge in [0.15, 0.2) is 0 Å². The van der Waals surface area contributed by atoms with Crippen molar-refractivity contribution in [3.05, 3.63) is 27.9 Å². The summed E-state index contributed by atoms with van der Waals surface area (Å²) in [4.78, 5) is 16.8. The van der Waals surface area contributed by atoms with Crippen LogP contribution in [-0.2, 0) is 0 Å². The van der Waals surface area contributed by atoms with Crippen LogP contribution in [0.25, 0.3) is 10.9 Å². The van der Waals surface area contributed by atoms with Gasteiger partial charge in [-0.05, 0) is 53.7 Å². The number of nitrogens with one attached hydrogen (secondary N) is 1. The molecule has 106 valence electrons. The number of aryl methyl sites for hydroxylation is 1. The number of hydrogen-bond acceptors (Lipinski definition) is 2. The van der Waals surface area contributed by atoms with E-state index in [1.165, 1.54) is 6.42 Å². The van der Waals surface area contributed by atoms with Gasteiger partial charge in [0.2, 0.25) is 0 Å². The summed E-state index contributed by atoms with van der Waals surface area (Å²) in [7, 11) is 0. The van der Waals surface area contributed by atoms with Gasteiger partial charge in [-0.2, -0.15) is 0 Å². The summed E-state index contributed by atoms with van der Waals surface area (Å²) in [5.41, 5.74) is 3.13. The fraction of sp³-hybridized carbons (Fsp3) is 0.400. The normalized spacial score (nSPS) is 15.8. The molecule has 1 aromatic heterocycles. The molecule has 1 aromatic carbocycles. The topological polar surface area (TPSA) is 56.3 Å². The predicted molar refractivity (Wildman–Crippen MR) is 83.8 cm³/mol. The number of carboxylic acid groups (broad SMARTS) is 1. The number of piperidine rings is 1. The lowest BCUT2D eigenvalue weighted by Gasteiger charge is -2.29. The Kier molecular flexibility index (Phi) is 3.46. The summed E-state index contributed by atoms with van der Waals surface area (Å²) in [5, 5.41) is 10.5. The van der Waals surface area contributed by atoms with Gasteiger partial charge in [-0.25, -0.2) is 4.79 Å². The molecule has 0 spiro atoms. The van der Waals surface area contributed by atoms with Crippen molar-refractivity contribution in [1.29, 1.82) is 0 Å². The molecular weight excluding hydrogens is 320 g/mol. The van der Waals surface area contributed by atoms with Gasteiger partial charge in [0.25, 0.3) is 0 Å². The van der Waals surface area contributed by atoms with E-state index < -0.39 is 5.97 Å². The van der Waals surface area contributed by atoms with Gasteiger partial charge in [0.05, 0.1) is 5.69 Å². The van der Waals surface area contributed by atoms with Crippen molar-refractivity contribution < 1.29 is 9.90 Å². The zero-order valence-corrected chi connectivity index (χ0v) is 13.0. The van der Waals surface area contributed by atoms with Crippen LogP contribution < -0.4 is 4.90 Å². The number of aromatic amines is 1. The van der Waals surface area contributed by atoms with Crippen LogP contribution in [0, 0.1) is 6.92 Å². The monoisotopic (exact) mass is 336 g/mol. The number of carbonyl (C=O) groups is 1. The average molecular weight is 337 g/mol. The fourth-order valence-corrected chi connectivity index (χ4v) is 3.46. The van der Waals surface area contributed by atoms with E-state index in [9.17, 15) is 9.90 Å². The van der Waals surface area contributed by atoms with Gasteiger partial charge in [0.1, 0.15) is 5.69 Å². The molecule has 5 heteroatoms. The number of H-pyrrole nitrogens is 1. The Hall–Kier alpha value is -1.49. The molecular formula is C15H17BrN2O2. The van der Waals surface area contributed by atoms with E-state index in [-0.39, 0.29) is 0 Å². The molecule has 0 radical (unpaired) electrons. The maximum absolute atomic E-state index is 11.6. The Balaban J connectivity index is 2.27. The van der Waals surface area contributed by atoms with Crippen molar-refractivity contribution >= 4 is 38.5 Å². The standard InChI is InChI=1S/C15H17BrN2O2/c1-9-5-6-10-11(12(9)16)14(13(17-10)15(19)20)18-7-3-2-4-8-18/h5-6,17H,2-4,7-8H2,1H3,(H,19,20). The van der Waals surface area contributed by atoms with Crippen molar-refractivity contribution in [3.8, 4) is 0 Å². The second-order valence-electron chi connectivity index (χ2n) is 5.32. The molecule has 0 aliphatic carbocycles. The minimum atomic E-state index is -0.897. The van der Waals surface area contributed by atoms with E-state index in [1.807, 2.05) is 19.1 Å². The van der Waals surface area contributed by atoms with Crippen LogP contribution >= 0.6 is 15.9 Å². The van der Waals surface area contributed by atoms with Crippen LogP contribution in [0.2, 0.25) is 0 Å². The summed E-state index contributed by atoms with van der Waals surface area (Å²) in [6.07, 6.45) is 3.46. The Morgan fingerprint density at radius 3 is 2.65 bits per heavy atom. The number of benzene rings is 1. The van der Waals surface area contributed by atoms with Crippen molar-refractivity contribution in [2.45, 2.75) is 26.2 Å². The van der Waals surface area contributed by atoms with Crippen LogP contribution in [0.5, 0.6) is 0 Å². The van der Waals surface area contributed by atoms with E-state index in [2.05, 4.69) is 25.8 Å². The summed E-state index contributed by atoms with van der Waals surface area (Å²) in [5.74, 6) is -0.897. The maximum atomic E-state index is 11.6. The lowest BCUT2D eigenvalue weighted by Crippen LogP contribution is -2.30. The van der Waals surface area contributed by atoms with Crippen molar-refractivity contribution in [1.82, 2.24) is 4.98 Å². The average Bonchev–Trinajstić information content (AvgIpc) is 2.84. The van der Waals surface area contributed by atoms with Crippen LogP contribution in [-0.4, -0.2) is 29.1 Å². The Morgan fingerprint density at radius 2 is 2.00 bits per heavy atom. The molecule has 2 aromatic rings. The first-order valence-electron chi connectivity index (χ1n) is 6.88. The highest BCUT2D eigenvalue weighted by Crippen LogP contribution is 2.39. The Morgan fingerprint density at radius 1 is 1.30 bits per heavy atom. The molecule has 1 saturated heterocycles. The zero-order chi connectivity index (χ0) is 14.3. The SMILES string of the molecule is Cc1ccc2[nH]c(C(=O)O)c(N3CCCCC3)c2c1Br. The third-order valence-electron chi connectivity index (χ3n) is 3.95. The van der Waals surface area contributed by atoms with E-state index in [0.717, 1.165) is 52.6 Å². The summed E-state index contributed by atoms with van der Waals surface area (Å²) in [6, 6.07) is 3.95. The first-order chi connectivity index (χ1) is 9.59. The molecule has 1 fully saturated rings. The Labute approximate surface area is 125 Å². The van der Waals surface area contributed by atoms with Gasteiger partial charge >= 0.3 is 5.97 Å². The lowest BCUT2D eigenvalue weighted by molar-refractivity contribution is 0.0692. The zero-order valence-electron chi connectivity index (χ0n) is 11.4. The highest BCUT2D eigenvalue weighted by molar-refractivity contribution is 9.10. The number of aromatic nitrogens is 1. The highest BCUT2D eigenvalue weighted by Gasteiger charge is 2.25. The third kappa shape index (κ3) is 2.10. The number of nitrogens with zero attached hydrogens (tertiary/aromatic N) is 1.